The van der Waals surface area contributed by atoms with E-state index < -0.39 is 0 Å². The summed E-state index contributed by atoms with van der Waals surface area (Å²) < 4.78 is 24.8. The Kier molecular flexibility index (Phi) is 2.86. The molecule has 21 heavy (non-hydrogen) atoms. The van der Waals surface area contributed by atoms with Crippen molar-refractivity contribution < 1.29 is 13.9 Å². The van der Waals surface area contributed by atoms with E-state index in [1.54, 1.807) is 13.0 Å². The fourth-order valence-corrected chi connectivity index (χ4v) is 3.03. The van der Waals surface area contributed by atoms with Gasteiger partial charge in [-0.15, -0.1) is 0 Å². The highest BCUT2D eigenvalue weighted by Gasteiger charge is 2.26. The molecular formula is C17H16FNO2. The molecule has 4 heteroatoms. The van der Waals surface area contributed by atoms with Crippen LogP contribution in [0.25, 0.3) is 0 Å². The quantitative estimate of drug-likeness (QED) is 0.873. The van der Waals surface area contributed by atoms with Crippen LogP contribution in [-0.4, -0.2) is 13.3 Å². The number of nitrogens with one attached hydrogen (secondary N) is 1. The van der Waals surface area contributed by atoms with Gasteiger partial charge in [-0.05, 0) is 53.8 Å². The first kappa shape index (κ1) is 12.7. The normalized spacial score (nSPS) is 19.4. The summed E-state index contributed by atoms with van der Waals surface area (Å²) in [6.45, 7) is 2.92. The van der Waals surface area contributed by atoms with E-state index in [0.29, 0.717) is 5.56 Å². The van der Waals surface area contributed by atoms with Gasteiger partial charge in [-0.3, -0.25) is 0 Å². The lowest BCUT2D eigenvalue weighted by Gasteiger charge is -2.28. The highest BCUT2D eigenvalue weighted by atomic mass is 19.1. The molecule has 0 saturated heterocycles. The molecule has 1 unspecified atom stereocenters. The molecule has 0 spiro atoms. The van der Waals surface area contributed by atoms with Crippen LogP contribution in [0.4, 0.5) is 4.39 Å². The van der Waals surface area contributed by atoms with Crippen molar-refractivity contribution >= 4 is 0 Å². The molecule has 2 aliphatic heterocycles. The van der Waals surface area contributed by atoms with Gasteiger partial charge < -0.3 is 14.8 Å². The molecule has 0 amide bonds. The SMILES string of the molecule is Cc1ccc(C2NCCc3cc4c(cc32)OCO4)cc1F. The maximum Gasteiger partial charge on any atom is 0.231 e. The van der Waals surface area contributed by atoms with Crippen molar-refractivity contribution in [3.05, 3.63) is 58.4 Å². The summed E-state index contributed by atoms with van der Waals surface area (Å²) in [5.74, 6) is 1.42. The Hall–Kier alpha value is -2.07. The molecule has 2 heterocycles. The molecule has 2 aromatic carbocycles. The lowest BCUT2D eigenvalue weighted by molar-refractivity contribution is 0.174. The van der Waals surface area contributed by atoms with E-state index in [1.165, 1.54) is 5.56 Å². The average molecular weight is 285 g/mol. The number of hydrogen-bond acceptors (Lipinski definition) is 3. The molecular weight excluding hydrogens is 269 g/mol. The number of hydrogen-bond donors (Lipinski definition) is 1. The Morgan fingerprint density at radius 1 is 1.14 bits per heavy atom. The van der Waals surface area contributed by atoms with E-state index in [4.69, 9.17) is 9.47 Å². The first-order chi connectivity index (χ1) is 10.2. The third-order valence-electron chi connectivity index (χ3n) is 4.22. The molecule has 0 aliphatic carbocycles. The number of fused-ring (bicyclic) bond motifs is 2. The van der Waals surface area contributed by atoms with Crippen molar-refractivity contribution in [2.75, 3.05) is 13.3 Å². The minimum Gasteiger partial charge on any atom is -0.454 e. The lowest BCUT2D eigenvalue weighted by atomic mass is 9.89. The minimum atomic E-state index is -0.165. The summed E-state index contributed by atoms with van der Waals surface area (Å²) in [5.41, 5.74) is 4.00. The van der Waals surface area contributed by atoms with Crippen LogP contribution in [0, 0.1) is 12.7 Å². The molecule has 2 aromatic rings. The molecule has 0 fully saturated rings. The lowest BCUT2D eigenvalue weighted by Crippen LogP contribution is -2.30. The summed E-state index contributed by atoms with van der Waals surface area (Å²) in [4.78, 5) is 0. The predicted molar refractivity (Wildman–Crippen MR) is 77.3 cm³/mol. The second kappa shape index (κ2) is 4.74. The molecule has 0 bridgehead atoms. The monoisotopic (exact) mass is 285 g/mol. The summed E-state index contributed by atoms with van der Waals surface area (Å²) in [7, 11) is 0. The fourth-order valence-electron chi connectivity index (χ4n) is 3.03. The van der Waals surface area contributed by atoms with Gasteiger partial charge in [0.25, 0.3) is 0 Å². The Morgan fingerprint density at radius 2 is 1.95 bits per heavy atom. The van der Waals surface area contributed by atoms with E-state index in [9.17, 15) is 4.39 Å². The van der Waals surface area contributed by atoms with Crippen LogP contribution in [-0.2, 0) is 6.42 Å². The van der Waals surface area contributed by atoms with Crippen molar-refractivity contribution in [1.82, 2.24) is 5.32 Å². The van der Waals surface area contributed by atoms with Crippen molar-refractivity contribution in [1.29, 1.82) is 0 Å². The predicted octanol–water partition coefficient (Wildman–Crippen LogP) is 3.10. The molecule has 0 saturated carbocycles. The largest absolute Gasteiger partial charge is 0.454 e. The van der Waals surface area contributed by atoms with E-state index >= 15 is 0 Å². The zero-order chi connectivity index (χ0) is 14.4. The third kappa shape index (κ3) is 2.07. The van der Waals surface area contributed by atoms with E-state index in [1.807, 2.05) is 18.2 Å². The highest BCUT2D eigenvalue weighted by Crippen LogP contribution is 2.39. The molecule has 2 aliphatic rings. The van der Waals surface area contributed by atoms with Crippen LogP contribution in [0.15, 0.2) is 30.3 Å². The maximum absolute atomic E-state index is 13.9. The van der Waals surface area contributed by atoms with Crippen molar-refractivity contribution in [2.24, 2.45) is 0 Å². The summed E-state index contributed by atoms with van der Waals surface area (Å²) >= 11 is 0. The molecule has 0 aromatic heterocycles. The Bertz CT molecular complexity index is 714. The summed E-state index contributed by atoms with van der Waals surface area (Å²) in [5, 5.41) is 3.47. The number of halogens is 1. The van der Waals surface area contributed by atoms with Crippen LogP contribution in [0.3, 0.4) is 0 Å². The molecule has 0 radical (unpaired) electrons. The molecule has 3 nitrogen and oxygen atoms in total. The smallest absolute Gasteiger partial charge is 0.231 e. The number of benzene rings is 2. The van der Waals surface area contributed by atoms with Gasteiger partial charge >= 0.3 is 0 Å². The number of aryl methyl sites for hydroxylation is 1. The second-order valence-electron chi connectivity index (χ2n) is 5.55. The van der Waals surface area contributed by atoms with Crippen LogP contribution in [0.1, 0.15) is 28.3 Å². The summed E-state index contributed by atoms with van der Waals surface area (Å²) in [6.07, 6.45) is 0.941. The zero-order valence-corrected chi connectivity index (χ0v) is 11.8. The fraction of sp³-hybridized carbons (Fsp3) is 0.294. The van der Waals surface area contributed by atoms with Gasteiger partial charge in [0.2, 0.25) is 6.79 Å². The van der Waals surface area contributed by atoms with E-state index in [0.717, 1.165) is 35.6 Å². The Labute approximate surface area is 122 Å². The van der Waals surface area contributed by atoms with Crippen LogP contribution in [0.2, 0.25) is 0 Å². The second-order valence-corrected chi connectivity index (χ2v) is 5.55. The Morgan fingerprint density at radius 3 is 2.76 bits per heavy atom. The van der Waals surface area contributed by atoms with E-state index in [2.05, 4.69) is 11.4 Å². The first-order valence-electron chi connectivity index (χ1n) is 7.14. The number of ether oxygens (including phenoxy) is 2. The average Bonchev–Trinajstić information content (AvgIpc) is 2.94. The van der Waals surface area contributed by atoms with Crippen LogP contribution < -0.4 is 14.8 Å². The maximum atomic E-state index is 13.9. The van der Waals surface area contributed by atoms with Crippen LogP contribution in [0.5, 0.6) is 11.5 Å². The van der Waals surface area contributed by atoms with Crippen molar-refractivity contribution in [2.45, 2.75) is 19.4 Å². The van der Waals surface area contributed by atoms with Crippen molar-refractivity contribution in [3.8, 4) is 11.5 Å². The zero-order valence-electron chi connectivity index (χ0n) is 11.8. The van der Waals surface area contributed by atoms with Gasteiger partial charge in [0.05, 0.1) is 6.04 Å². The van der Waals surface area contributed by atoms with Gasteiger partial charge in [-0.1, -0.05) is 12.1 Å². The molecule has 108 valence electrons. The minimum absolute atomic E-state index is 0.00153. The number of rotatable bonds is 1. The molecule has 4 rings (SSSR count). The third-order valence-corrected chi connectivity index (χ3v) is 4.22. The highest BCUT2D eigenvalue weighted by molar-refractivity contribution is 5.52. The first-order valence-corrected chi connectivity index (χ1v) is 7.14. The van der Waals surface area contributed by atoms with Gasteiger partial charge in [0.15, 0.2) is 11.5 Å². The van der Waals surface area contributed by atoms with Gasteiger partial charge in [0, 0.05) is 6.54 Å². The van der Waals surface area contributed by atoms with Crippen molar-refractivity contribution in [3.63, 3.8) is 0 Å². The molecule has 1 atom stereocenters. The van der Waals surface area contributed by atoms with Crippen LogP contribution >= 0.6 is 0 Å². The standard InChI is InChI=1S/C17H16FNO2/c1-10-2-3-12(6-14(10)18)17-13-8-16-15(20-9-21-16)7-11(13)4-5-19-17/h2-3,6-8,17,19H,4-5,9H2,1H3. The molecule has 1 N–H and O–H groups in total. The van der Waals surface area contributed by atoms with Gasteiger partial charge in [0.1, 0.15) is 5.82 Å². The topological polar surface area (TPSA) is 30.5 Å². The Balaban J connectivity index is 1.80. The van der Waals surface area contributed by atoms with Gasteiger partial charge in [-0.2, -0.15) is 0 Å². The van der Waals surface area contributed by atoms with Gasteiger partial charge in [-0.25, -0.2) is 4.39 Å². The van der Waals surface area contributed by atoms with E-state index in [-0.39, 0.29) is 18.7 Å². The summed E-state index contributed by atoms with van der Waals surface area (Å²) in [6, 6.07) is 9.50.